The molecular weight excluding hydrogens is 114 g/mol. The van der Waals surface area contributed by atoms with Gasteiger partial charge in [-0.1, -0.05) is 18.2 Å². The standard InChI is InChI=1S/C7H5NO/c1-8-6-4-2-3-5-7(6)9/h2-5,9H. The normalized spacial score (nSPS) is 8.33. The third kappa shape index (κ3) is 1.000. The van der Waals surface area contributed by atoms with Crippen molar-refractivity contribution in [2.45, 2.75) is 0 Å². The van der Waals surface area contributed by atoms with Crippen LogP contribution in [0, 0.1) is 6.57 Å². The van der Waals surface area contributed by atoms with Crippen molar-refractivity contribution in [1.29, 1.82) is 0 Å². The molecule has 0 aliphatic carbocycles. The molecule has 0 spiro atoms. The van der Waals surface area contributed by atoms with Gasteiger partial charge < -0.3 is 5.11 Å². The second-order valence-electron chi connectivity index (χ2n) is 1.60. The number of para-hydroxylation sites is 2. The van der Waals surface area contributed by atoms with Gasteiger partial charge in [-0.05, 0) is 6.07 Å². The van der Waals surface area contributed by atoms with Gasteiger partial charge in [-0.15, -0.1) is 0 Å². The highest BCUT2D eigenvalue weighted by atomic mass is 16.3. The number of phenolic OH excluding ortho intramolecular Hbond substituents is 1. The van der Waals surface area contributed by atoms with Crippen molar-refractivity contribution >= 4 is 5.69 Å². The largest absolute Gasteiger partial charge is 0.519 e. The Kier molecular flexibility index (Phi) is 1.37. The summed E-state index contributed by atoms with van der Waals surface area (Å²) >= 11 is 0. The molecule has 0 aliphatic rings. The molecule has 0 saturated heterocycles. The molecule has 0 atom stereocenters. The lowest BCUT2D eigenvalue weighted by Gasteiger charge is -1.90. The van der Waals surface area contributed by atoms with Gasteiger partial charge in [0.1, 0.15) is 5.75 Å². The zero-order chi connectivity index (χ0) is 6.69. The van der Waals surface area contributed by atoms with E-state index in [1.807, 2.05) is 0 Å². The van der Waals surface area contributed by atoms with Gasteiger partial charge >= 0.3 is 0 Å². The van der Waals surface area contributed by atoms with E-state index in [1.54, 1.807) is 18.2 Å². The average molecular weight is 119 g/mol. The first-order valence-electron chi connectivity index (χ1n) is 2.50. The fourth-order valence-corrected chi connectivity index (χ4v) is 0.559. The fraction of sp³-hybridized carbons (Fsp3) is 0. The molecule has 0 aliphatic heterocycles. The van der Waals surface area contributed by atoms with Crippen LogP contribution in [0.3, 0.4) is 0 Å². The number of benzene rings is 1. The van der Waals surface area contributed by atoms with E-state index in [2.05, 4.69) is 4.85 Å². The number of hydrogen-bond donors (Lipinski definition) is 1. The van der Waals surface area contributed by atoms with Crippen LogP contribution in [0.2, 0.25) is 0 Å². The van der Waals surface area contributed by atoms with Gasteiger partial charge in [0.25, 0.3) is 0 Å². The second-order valence-corrected chi connectivity index (χ2v) is 1.60. The van der Waals surface area contributed by atoms with Crippen LogP contribution < -0.4 is 0 Å². The minimum absolute atomic E-state index is 0.0486. The van der Waals surface area contributed by atoms with Crippen LogP contribution >= 0.6 is 0 Å². The van der Waals surface area contributed by atoms with Crippen LogP contribution in [0.5, 0.6) is 5.75 Å². The zero-order valence-electron chi connectivity index (χ0n) is 4.70. The van der Waals surface area contributed by atoms with Crippen LogP contribution in [0.15, 0.2) is 24.3 Å². The molecule has 1 aromatic carbocycles. The van der Waals surface area contributed by atoms with Crippen LogP contribution in [-0.4, -0.2) is 5.11 Å². The van der Waals surface area contributed by atoms with E-state index in [9.17, 15) is 0 Å². The van der Waals surface area contributed by atoms with Crippen LogP contribution in [0.25, 0.3) is 4.85 Å². The number of phenols is 1. The van der Waals surface area contributed by atoms with E-state index in [-0.39, 0.29) is 5.75 Å². The van der Waals surface area contributed by atoms with Crippen molar-refractivity contribution in [2.75, 3.05) is 0 Å². The van der Waals surface area contributed by atoms with Crippen molar-refractivity contribution in [3.8, 4) is 5.75 Å². The molecule has 0 radical (unpaired) electrons. The third-order valence-corrected chi connectivity index (χ3v) is 1.00. The molecule has 2 nitrogen and oxygen atoms in total. The predicted octanol–water partition coefficient (Wildman–Crippen LogP) is 1.94. The highest BCUT2D eigenvalue weighted by molar-refractivity contribution is 5.55. The summed E-state index contributed by atoms with van der Waals surface area (Å²) in [5.41, 5.74) is 0.303. The van der Waals surface area contributed by atoms with Crippen molar-refractivity contribution in [2.24, 2.45) is 0 Å². The van der Waals surface area contributed by atoms with E-state index < -0.39 is 0 Å². The fourth-order valence-electron chi connectivity index (χ4n) is 0.559. The third-order valence-electron chi connectivity index (χ3n) is 1.00. The molecule has 44 valence electrons. The Balaban J connectivity index is 3.20. The summed E-state index contributed by atoms with van der Waals surface area (Å²) in [6.45, 7) is 6.55. The van der Waals surface area contributed by atoms with Gasteiger partial charge in [0.05, 0.1) is 6.57 Å². The smallest absolute Gasteiger partial charge is 0.227 e. The number of aromatic hydroxyl groups is 1. The first kappa shape index (κ1) is 5.64. The molecule has 0 unspecified atom stereocenters. The minimum Gasteiger partial charge on any atom is -0.519 e. The number of rotatable bonds is 0. The zero-order valence-corrected chi connectivity index (χ0v) is 4.70. The van der Waals surface area contributed by atoms with E-state index in [1.165, 1.54) is 6.07 Å². The number of nitrogens with zero attached hydrogens (tertiary/aromatic N) is 1. The molecule has 9 heavy (non-hydrogen) atoms. The molecule has 2 heteroatoms. The summed E-state index contributed by atoms with van der Waals surface area (Å²) in [6.07, 6.45) is 0. The summed E-state index contributed by atoms with van der Waals surface area (Å²) in [7, 11) is 0. The summed E-state index contributed by atoms with van der Waals surface area (Å²) in [5, 5.41) is 8.90. The molecule has 1 aromatic rings. The summed E-state index contributed by atoms with van der Waals surface area (Å²) in [6, 6.07) is 6.47. The van der Waals surface area contributed by atoms with Crippen molar-refractivity contribution in [1.82, 2.24) is 0 Å². The predicted molar refractivity (Wildman–Crippen MR) is 34.4 cm³/mol. The lowest BCUT2D eigenvalue weighted by Crippen LogP contribution is -1.61. The first-order chi connectivity index (χ1) is 4.34. The van der Waals surface area contributed by atoms with Gasteiger partial charge in [0.2, 0.25) is 5.69 Å². The molecule has 0 saturated carbocycles. The SMILES string of the molecule is [C-]#[N+]c1ccccc1O. The highest BCUT2D eigenvalue weighted by Crippen LogP contribution is 2.23. The van der Waals surface area contributed by atoms with Crippen LogP contribution in [0.1, 0.15) is 0 Å². The lowest BCUT2D eigenvalue weighted by atomic mass is 10.3. The van der Waals surface area contributed by atoms with Crippen LogP contribution in [0.4, 0.5) is 5.69 Å². The Morgan fingerprint density at radius 3 is 2.44 bits per heavy atom. The van der Waals surface area contributed by atoms with Gasteiger partial charge in [-0.2, -0.15) is 0 Å². The van der Waals surface area contributed by atoms with Crippen molar-refractivity contribution < 1.29 is 5.11 Å². The van der Waals surface area contributed by atoms with Gasteiger partial charge in [0.15, 0.2) is 0 Å². The molecule has 0 bridgehead atoms. The molecule has 0 fully saturated rings. The molecule has 0 aromatic heterocycles. The first-order valence-corrected chi connectivity index (χ1v) is 2.50. The second kappa shape index (κ2) is 2.19. The topological polar surface area (TPSA) is 24.6 Å². The number of hydrogen-bond acceptors (Lipinski definition) is 1. The Labute approximate surface area is 53.2 Å². The average Bonchev–Trinajstić information content (AvgIpc) is 1.89. The summed E-state index contributed by atoms with van der Waals surface area (Å²) in [5.74, 6) is 0.0486. The quantitative estimate of drug-likeness (QED) is 0.518. The Morgan fingerprint density at radius 2 is 2.00 bits per heavy atom. The Morgan fingerprint density at radius 1 is 1.33 bits per heavy atom. The summed E-state index contributed by atoms with van der Waals surface area (Å²) < 4.78 is 0. The van der Waals surface area contributed by atoms with E-state index >= 15 is 0 Å². The summed E-state index contributed by atoms with van der Waals surface area (Å²) in [4.78, 5) is 3.07. The van der Waals surface area contributed by atoms with E-state index in [0.717, 1.165) is 0 Å². The van der Waals surface area contributed by atoms with Crippen LogP contribution in [-0.2, 0) is 0 Å². The highest BCUT2D eigenvalue weighted by Gasteiger charge is 1.93. The maximum atomic E-state index is 8.90. The van der Waals surface area contributed by atoms with Gasteiger partial charge in [-0.25, -0.2) is 4.85 Å². The van der Waals surface area contributed by atoms with E-state index in [4.69, 9.17) is 11.7 Å². The molecular formula is C7H5NO. The van der Waals surface area contributed by atoms with E-state index in [0.29, 0.717) is 5.69 Å². The van der Waals surface area contributed by atoms with Gasteiger partial charge in [-0.3, -0.25) is 0 Å². The molecule has 0 amide bonds. The Bertz CT molecular complexity index is 249. The molecule has 0 heterocycles. The molecule has 1 N–H and O–H groups in total. The van der Waals surface area contributed by atoms with Crippen molar-refractivity contribution in [3.63, 3.8) is 0 Å². The minimum atomic E-state index is 0.0486. The lowest BCUT2D eigenvalue weighted by molar-refractivity contribution is 0.478. The monoisotopic (exact) mass is 119 g/mol. The maximum Gasteiger partial charge on any atom is 0.227 e. The molecule has 1 rings (SSSR count). The van der Waals surface area contributed by atoms with Crippen molar-refractivity contribution in [3.05, 3.63) is 35.7 Å². The maximum absolute atomic E-state index is 8.90. The van der Waals surface area contributed by atoms with Gasteiger partial charge in [0, 0.05) is 0 Å². The Hall–Kier alpha value is -1.49.